The zero-order valence-electron chi connectivity index (χ0n) is 37.7. The fourth-order valence-corrected chi connectivity index (χ4v) is 6.03. The quantitative estimate of drug-likeness (QED) is 0.0168. The lowest BCUT2D eigenvalue weighted by molar-refractivity contribution is -0.161. The summed E-state index contributed by atoms with van der Waals surface area (Å²) < 4.78 is 47.5. The van der Waals surface area contributed by atoms with E-state index in [4.69, 9.17) is 23.8 Å². The van der Waals surface area contributed by atoms with E-state index in [0.717, 1.165) is 57.8 Å². The minimum atomic E-state index is -4.90. The Kier molecular flexibility index (Phi) is 39.4. The first kappa shape index (κ1) is 60.2. The van der Waals surface area contributed by atoms with Gasteiger partial charge in [-0.1, -0.05) is 148 Å². The SMILES string of the molecule is CC/C=C\C/C=C\C/C=C\C/C=C\C=C\C(O)CCCC(=O)O[C@H](COC(=O)CC/C=C\C/C=C\C/C=C\C/C=C\C/C=C\C/C=C\CC)COP(=O)(O)OC[C@@H](O)COP(=O)(O)O. The molecule has 0 aliphatic carbocycles. The number of phosphoric acid groups is 2. The van der Waals surface area contributed by atoms with Crippen LogP contribution >= 0.6 is 15.6 Å². The molecule has 0 rings (SSSR count). The van der Waals surface area contributed by atoms with Gasteiger partial charge in [0, 0.05) is 12.8 Å². The van der Waals surface area contributed by atoms with Gasteiger partial charge in [0.1, 0.15) is 12.7 Å². The molecule has 2 unspecified atom stereocenters. The molecule has 64 heavy (non-hydrogen) atoms. The molecule has 4 atom stereocenters. The maximum Gasteiger partial charge on any atom is 0.472 e. The van der Waals surface area contributed by atoms with Crippen LogP contribution in [0.4, 0.5) is 0 Å². The maximum absolute atomic E-state index is 12.7. The van der Waals surface area contributed by atoms with Crippen molar-refractivity contribution in [2.45, 2.75) is 128 Å². The van der Waals surface area contributed by atoms with E-state index in [-0.39, 0.29) is 25.7 Å². The number of phosphoric ester groups is 2. The van der Waals surface area contributed by atoms with Crippen molar-refractivity contribution in [1.29, 1.82) is 0 Å². The Morgan fingerprint density at radius 3 is 1.44 bits per heavy atom. The van der Waals surface area contributed by atoms with E-state index in [1.807, 2.05) is 30.4 Å². The maximum atomic E-state index is 12.7. The van der Waals surface area contributed by atoms with Gasteiger partial charge in [-0.15, -0.1) is 0 Å². The Morgan fingerprint density at radius 1 is 0.516 bits per heavy atom. The van der Waals surface area contributed by atoms with E-state index in [1.165, 1.54) is 0 Å². The van der Waals surface area contributed by atoms with Gasteiger partial charge in [-0.05, 0) is 83.5 Å². The van der Waals surface area contributed by atoms with E-state index in [1.54, 1.807) is 12.2 Å². The van der Waals surface area contributed by atoms with Crippen molar-refractivity contribution in [2.75, 3.05) is 26.4 Å². The predicted molar refractivity (Wildman–Crippen MR) is 254 cm³/mol. The van der Waals surface area contributed by atoms with Gasteiger partial charge in [0.2, 0.25) is 0 Å². The fourth-order valence-electron chi connectivity index (χ4n) is 4.87. The summed E-state index contributed by atoms with van der Waals surface area (Å²) in [5.74, 6) is -1.35. The zero-order chi connectivity index (χ0) is 47.4. The number of hydrogen-bond acceptors (Lipinski definition) is 11. The number of esters is 2. The van der Waals surface area contributed by atoms with Crippen LogP contribution in [0.1, 0.15) is 110 Å². The van der Waals surface area contributed by atoms with Gasteiger partial charge in [-0.2, -0.15) is 0 Å². The van der Waals surface area contributed by atoms with Crippen LogP contribution in [0.15, 0.2) is 134 Å². The van der Waals surface area contributed by atoms with E-state index >= 15 is 0 Å². The molecule has 0 aromatic carbocycles. The van der Waals surface area contributed by atoms with Crippen LogP contribution in [0.5, 0.6) is 0 Å². The van der Waals surface area contributed by atoms with Gasteiger partial charge in [0.15, 0.2) is 6.10 Å². The van der Waals surface area contributed by atoms with E-state index in [9.17, 15) is 33.8 Å². The molecule has 0 bridgehead atoms. The van der Waals surface area contributed by atoms with Gasteiger partial charge < -0.3 is 34.4 Å². The van der Waals surface area contributed by atoms with Crippen molar-refractivity contribution in [3.05, 3.63) is 134 Å². The summed E-state index contributed by atoms with van der Waals surface area (Å²) in [6.45, 7) is 1.19. The number of rotatable bonds is 39. The summed E-state index contributed by atoms with van der Waals surface area (Å²) in [4.78, 5) is 52.7. The Balaban J connectivity index is 4.85. The van der Waals surface area contributed by atoms with Crippen LogP contribution in [0.25, 0.3) is 0 Å². The molecule has 5 N–H and O–H groups in total. The Morgan fingerprint density at radius 2 is 0.953 bits per heavy atom. The molecule has 0 saturated heterocycles. The van der Waals surface area contributed by atoms with Gasteiger partial charge in [-0.25, -0.2) is 9.13 Å². The number of carbonyl (C=O) groups excluding carboxylic acids is 2. The Bertz CT molecular complexity index is 1650. The van der Waals surface area contributed by atoms with Crippen LogP contribution in [-0.2, 0) is 41.8 Å². The van der Waals surface area contributed by atoms with Crippen LogP contribution < -0.4 is 0 Å². The van der Waals surface area contributed by atoms with E-state index < -0.39 is 72.3 Å². The van der Waals surface area contributed by atoms with Crippen LogP contribution in [-0.4, -0.2) is 81.6 Å². The first-order chi connectivity index (χ1) is 30.8. The summed E-state index contributed by atoms with van der Waals surface area (Å²) in [7, 11) is -9.79. The van der Waals surface area contributed by atoms with Crippen molar-refractivity contribution >= 4 is 27.6 Å². The number of aliphatic hydroxyl groups is 2. The smallest absolute Gasteiger partial charge is 0.462 e. The molecule has 0 aliphatic heterocycles. The Labute approximate surface area is 381 Å². The van der Waals surface area contributed by atoms with Crippen LogP contribution in [0.3, 0.4) is 0 Å². The third-order valence-corrected chi connectivity index (χ3v) is 9.58. The molecule has 0 aromatic rings. The molecule has 16 heteroatoms. The fraction of sp³-hybridized carbons (Fsp3) is 0.500. The molecule has 360 valence electrons. The second-order valence-electron chi connectivity index (χ2n) is 14.1. The summed E-state index contributed by atoms with van der Waals surface area (Å²) >= 11 is 0. The highest BCUT2D eigenvalue weighted by Gasteiger charge is 2.28. The highest BCUT2D eigenvalue weighted by Crippen LogP contribution is 2.43. The topological polar surface area (TPSA) is 216 Å². The summed E-state index contributed by atoms with van der Waals surface area (Å²) in [6, 6.07) is 0. The largest absolute Gasteiger partial charge is 0.472 e. The predicted octanol–water partition coefficient (Wildman–Crippen LogP) is 10.4. The molecule has 0 amide bonds. The first-order valence-corrected chi connectivity index (χ1v) is 25.0. The van der Waals surface area contributed by atoms with Crippen LogP contribution in [0, 0.1) is 0 Å². The monoisotopic (exact) mass is 936 g/mol. The van der Waals surface area contributed by atoms with Crippen molar-refractivity contribution in [3.8, 4) is 0 Å². The molecule has 0 radical (unpaired) electrons. The lowest BCUT2D eigenvalue weighted by Gasteiger charge is -2.20. The molecule has 0 aliphatic rings. The minimum Gasteiger partial charge on any atom is -0.462 e. The number of carbonyl (C=O) groups is 2. The second kappa shape index (κ2) is 41.9. The lowest BCUT2D eigenvalue weighted by Crippen LogP contribution is -2.30. The average Bonchev–Trinajstić information content (AvgIpc) is 3.25. The van der Waals surface area contributed by atoms with Gasteiger partial charge in [-0.3, -0.25) is 23.2 Å². The summed E-state index contributed by atoms with van der Waals surface area (Å²) in [5, 5.41) is 20.0. The van der Waals surface area contributed by atoms with Gasteiger partial charge >= 0.3 is 27.6 Å². The van der Waals surface area contributed by atoms with Gasteiger partial charge in [0.25, 0.3) is 0 Å². The van der Waals surface area contributed by atoms with Crippen molar-refractivity contribution < 1.29 is 66.7 Å². The van der Waals surface area contributed by atoms with Crippen LogP contribution in [0.2, 0.25) is 0 Å². The van der Waals surface area contributed by atoms with E-state index in [2.05, 4.69) is 114 Å². The standard InChI is InChI=1S/C48H74O14P2/c1-3-5-7-9-11-13-15-17-18-19-20-21-22-24-26-28-30-32-34-38-47(51)58-42-46(43-61-64(56,57)60-41-45(50)40-59-63(53,54)55)62-48(52)39-35-37-44(49)36-33-31-29-27-25-23-16-14-12-10-8-6-4-2/h5-8,11-14,17-18,20-21,23-26,29-33,36,44-46,49-50H,3-4,9-10,15-16,19,22,27-28,34-35,37-43H2,1-2H3,(H,56,57)(H2,53,54,55)/b7-5-,8-6-,13-11-,14-12-,18-17-,21-20-,25-23-,26-24-,31-29-,32-30-,36-33+/t44?,45-,46+/m0/s1. The molecular weight excluding hydrogens is 862 g/mol. The summed E-state index contributed by atoms with van der Waals surface area (Å²) in [5.41, 5.74) is 0. The minimum absolute atomic E-state index is 0.0200. The normalized spacial score (nSPS) is 15.7. The average molecular weight is 937 g/mol. The number of ether oxygens (including phenoxy) is 2. The van der Waals surface area contributed by atoms with Gasteiger partial charge in [0.05, 0.1) is 25.9 Å². The third-order valence-electron chi connectivity index (χ3n) is 8.14. The molecule has 14 nitrogen and oxygen atoms in total. The first-order valence-electron chi connectivity index (χ1n) is 22.0. The third kappa shape index (κ3) is 44.8. The van der Waals surface area contributed by atoms with Crippen molar-refractivity contribution in [2.24, 2.45) is 0 Å². The lowest BCUT2D eigenvalue weighted by atomic mass is 10.1. The second-order valence-corrected chi connectivity index (χ2v) is 16.7. The number of aliphatic hydroxyl groups excluding tert-OH is 2. The Hall–Kier alpha value is -3.78. The molecule has 0 spiro atoms. The van der Waals surface area contributed by atoms with Crippen molar-refractivity contribution in [1.82, 2.24) is 0 Å². The molecule has 0 saturated carbocycles. The highest BCUT2D eigenvalue weighted by molar-refractivity contribution is 7.47. The molecule has 0 aromatic heterocycles. The highest BCUT2D eigenvalue weighted by atomic mass is 31.2. The number of allylic oxidation sites excluding steroid dienone is 21. The zero-order valence-corrected chi connectivity index (χ0v) is 39.5. The number of hydrogen-bond donors (Lipinski definition) is 5. The molecular formula is C48H74O14P2. The van der Waals surface area contributed by atoms with E-state index in [0.29, 0.717) is 12.8 Å². The van der Waals surface area contributed by atoms with Crippen molar-refractivity contribution in [3.63, 3.8) is 0 Å². The molecule has 0 fully saturated rings. The summed E-state index contributed by atoms with van der Waals surface area (Å²) in [6.07, 6.45) is 50.6. The molecule has 0 heterocycles.